The van der Waals surface area contributed by atoms with Gasteiger partial charge in [0.25, 0.3) is 0 Å². The van der Waals surface area contributed by atoms with Gasteiger partial charge in [-0.15, -0.1) is 0 Å². The average molecular weight is 242 g/mol. The van der Waals surface area contributed by atoms with Gasteiger partial charge in [0.1, 0.15) is 0 Å². The molecule has 0 spiro atoms. The molecule has 1 aromatic carbocycles. The van der Waals surface area contributed by atoms with E-state index in [9.17, 15) is 0 Å². The highest BCUT2D eigenvalue weighted by atomic mass is 16.2. The van der Waals surface area contributed by atoms with Crippen molar-refractivity contribution >= 4 is 6.08 Å². The van der Waals surface area contributed by atoms with Crippen LogP contribution in [0.1, 0.15) is 31.7 Å². The van der Waals surface area contributed by atoms with E-state index in [-0.39, 0.29) is 6.61 Å². The zero-order chi connectivity index (χ0) is 13.1. The molecule has 0 radical (unpaired) electrons. The van der Waals surface area contributed by atoms with Gasteiger partial charge >= 0.3 is 0 Å². The molecule has 0 unspecified atom stereocenters. The third kappa shape index (κ3) is 6.21. The summed E-state index contributed by atoms with van der Waals surface area (Å²) in [6.45, 7) is 2.30. The Morgan fingerprint density at radius 2 is 1.94 bits per heavy atom. The molecule has 1 nitrogen and oxygen atoms in total. The van der Waals surface area contributed by atoms with Gasteiger partial charge in [0.15, 0.2) is 0 Å². The van der Waals surface area contributed by atoms with Crippen molar-refractivity contribution in [2.45, 2.75) is 26.2 Å². The SMILES string of the molecule is CCCCC(=Cc1ccccc1)/C=C/C=C/CO. The maximum atomic E-state index is 8.67. The van der Waals surface area contributed by atoms with Gasteiger partial charge in [0.05, 0.1) is 6.61 Å². The van der Waals surface area contributed by atoms with Crippen LogP contribution in [0.15, 0.2) is 60.2 Å². The first kappa shape index (κ1) is 14.5. The van der Waals surface area contributed by atoms with Gasteiger partial charge in [0.2, 0.25) is 0 Å². The van der Waals surface area contributed by atoms with Crippen molar-refractivity contribution in [3.63, 3.8) is 0 Å². The van der Waals surface area contributed by atoms with E-state index >= 15 is 0 Å². The van der Waals surface area contributed by atoms with E-state index in [1.54, 1.807) is 6.08 Å². The third-order valence-electron chi connectivity index (χ3n) is 2.63. The van der Waals surface area contributed by atoms with E-state index < -0.39 is 0 Å². The van der Waals surface area contributed by atoms with Crippen molar-refractivity contribution in [3.05, 3.63) is 65.8 Å². The summed E-state index contributed by atoms with van der Waals surface area (Å²) in [5.74, 6) is 0. The third-order valence-corrected chi connectivity index (χ3v) is 2.63. The standard InChI is InChI=1S/C17H22O/c1-2-3-10-16(13-8-5-9-14-18)15-17-11-6-4-7-12-17/h4-9,11-13,15,18H,2-3,10,14H2,1H3/b9-5+,13-8+,16-15?. The van der Waals surface area contributed by atoms with Crippen LogP contribution in [0.5, 0.6) is 0 Å². The highest BCUT2D eigenvalue weighted by Crippen LogP contribution is 2.14. The zero-order valence-electron chi connectivity index (χ0n) is 11.0. The van der Waals surface area contributed by atoms with E-state index in [2.05, 4.69) is 43.3 Å². The molecule has 0 aliphatic heterocycles. The molecule has 0 saturated heterocycles. The summed E-state index contributed by atoms with van der Waals surface area (Å²) in [5, 5.41) is 8.67. The Hall–Kier alpha value is -1.60. The Balaban J connectivity index is 2.74. The van der Waals surface area contributed by atoms with Crippen LogP contribution in [-0.2, 0) is 0 Å². The van der Waals surface area contributed by atoms with Crippen LogP contribution in [0, 0.1) is 0 Å². The topological polar surface area (TPSA) is 20.2 Å². The van der Waals surface area contributed by atoms with Crippen LogP contribution in [0.2, 0.25) is 0 Å². The largest absolute Gasteiger partial charge is 0.392 e. The van der Waals surface area contributed by atoms with Crippen molar-refractivity contribution in [2.75, 3.05) is 6.61 Å². The summed E-state index contributed by atoms with van der Waals surface area (Å²) < 4.78 is 0. The highest BCUT2D eigenvalue weighted by Gasteiger charge is 1.93. The van der Waals surface area contributed by atoms with Crippen LogP contribution in [0.25, 0.3) is 6.08 Å². The van der Waals surface area contributed by atoms with Crippen molar-refractivity contribution in [2.24, 2.45) is 0 Å². The first-order valence-corrected chi connectivity index (χ1v) is 6.56. The van der Waals surface area contributed by atoms with Gasteiger partial charge in [0, 0.05) is 0 Å². The minimum absolute atomic E-state index is 0.0943. The lowest BCUT2D eigenvalue weighted by molar-refractivity contribution is 0.343. The van der Waals surface area contributed by atoms with Gasteiger partial charge in [-0.2, -0.15) is 0 Å². The van der Waals surface area contributed by atoms with Gasteiger partial charge in [-0.1, -0.05) is 74.1 Å². The minimum atomic E-state index is 0.0943. The van der Waals surface area contributed by atoms with Crippen molar-refractivity contribution < 1.29 is 5.11 Å². The molecule has 0 aliphatic carbocycles. The Morgan fingerprint density at radius 1 is 1.17 bits per heavy atom. The Kier molecular flexibility index (Phi) is 7.58. The second-order valence-electron chi connectivity index (χ2n) is 4.20. The number of benzene rings is 1. The lowest BCUT2D eigenvalue weighted by Crippen LogP contribution is -1.81. The molecule has 1 heteroatoms. The molecule has 0 saturated carbocycles. The van der Waals surface area contributed by atoms with E-state index in [0.717, 1.165) is 6.42 Å². The maximum absolute atomic E-state index is 8.67. The lowest BCUT2D eigenvalue weighted by atomic mass is 10.0. The first-order chi connectivity index (χ1) is 8.86. The molecule has 1 aromatic rings. The number of allylic oxidation sites excluding steroid dienone is 4. The molecule has 0 aromatic heterocycles. The fourth-order valence-corrected chi connectivity index (χ4v) is 1.67. The van der Waals surface area contributed by atoms with Crippen LogP contribution < -0.4 is 0 Å². The molecule has 1 rings (SSSR count). The molecule has 1 N–H and O–H groups in total. The Morgan fingerprint density at radius 3 is 2.61 bits per heavy atom. The fraction of sp³-hybridized carbons (Fsp3) is 0.294. The molecule has 0 heterocycles. The van der Waals surface area contributed by atoms with Crippen LogP contribution in [0.4, 0.5) is 0 Å². The summed E-state index contributed by atoms with van der Waals surface area (Å²) in [5.41, 5.74) is 2.56. The Bertz CT molecular complexity index is 399. The monoisotopic (exact) mass is 242 g/mol. The molecule has 0 fully saturated rings. The average Bonchev–Trinajstić information content (AvgIpc) is 2.41. The quantitative estimate of drug-likeness (QED) is 0.704. The molecule has 0 amide bonds. The van der Waals surface area contributed by atoms with Gasteiger partial charge < -0.3 is 5.11 Å². The summed E-state index contributed by atoms with van der Waals surface area (Å²) in [6, 6.07) is 10.4. The highest BCUT2D eigenvalue weighted by molar-refractivity contribution is 5.55. The molecular weight excluding hydrogens is 220 g/mol. The number of aliphatic hydroxyl groups excluding tert-OH is 1. The Labute approximate surface area is 110 Å². The summed E-state index contributed by atoms with van der Waals surface area (Å²) in [7, 11) is 0. The number of hydrogen-bond donors (Lipinski definition) is 1. The van der Waals surface area contributed by atoms with Gasteiger partial charge in [-0.3, -0.25) is 0 Å². The second kappa shape index (κ2) is 9.43. The minimum Gasteiger partial charge on any atom is -0.392 e. The number of rotatable bonds is 7. The van der Waals surface area contributed by atoms with Crippen molar-refractivity contribution in [1.29, 1.82) is 0 Å². The predicted octanol–water partition coefficient (Wildman–Crippen LogP) is 4.36. The molecule has 96 valence electrons. The first-order valence-electron chi connectivity index (χ1n) is 6.56. The van der Waals surface area contributed by atoms with Crippen LogP contribution in [0.3, 0.4) is 0 Å². The second-order valence-corrected chi connectivity index (χ2v) is 4.20. The van der Waals surface area contributed by atoms with Gasteiger partial charge in [-0.25, -0.2) is 0 Å². The fourth-order valence-electron chi connectivity index (χ4n) is 1.67. The summed E-state index contributed by atoms with van der Waals surface area (Å²) in [6.07, 6.45) is 13.4. The maximum Gasteiger partial charge on any atom is 0.0615 e. The van der Waals surface area contributed by atoms with E-state index in [1.807, 2.05) is 18.2 Å². The molecule has 18 heavy (non-hydrogen) atoms. The van der Waals surface area contributed by atoms with E-state index in [4.69, 9.17) is 5.11 Å². The zero-order valence-corrected chi connectivity index (χ0v) is 11.0. The molecule has 0 aliphatic rings. The number of aliphatic hydroxyl groups is 1. The van der Waals surface area contributed by atoms with Crippen molar-refractivity contribution in [3.8, 4) is 0 Å². The molecule has 0 atom stereocenters. The molecular formula is C17H22O. The van der Waals surface area contributed by atoms with E-state index in [1.165, 1.54) is 24.0 Å². The number of hydrogen-bond acceptors (Lipinski definition) is 1. The normalized spacial score (nSPS) is 12.7. The predicted molar refractivity (Wildman–Crippen MR) is 79.3 cm³/mol. The van der Waals surface area contributed by atoms with Crippen LogP contribution in [-0.4, -0.2) is 11.7 Å². The lowest BCUT2D eigenvalue weighted by Gasteiger charge is -2.01. The van der Waals surface area contributed by atoms with E-state index in [0.29, 0.717) is 0 Å². The summed E-state index contributed by atoms with van der Waals surface area (Å²) in [4.78, 5) is 0. The summed E-state index contributed by atoms with van der Waals surface area (Å²) >= 11 is 0. The number of unbranched alkanes of at least 4 members (excludes halogenated alkanes) is 1. The smallest absolute Gasteiger partial charge is 0.0615 e. The van der Waals surface area contributed by atoms with Crippen molar-refractivity contribution in [1.82, 2.24) is 0 Å². The molecule has 0 bridgehead atoms. The van der Waals surface area contributed by atoms with Crippen LogP contribution >= 0.6 is 0 Å². The van der Waals surface area contributed by atoms with Gasteiger partial charge in [-0.05, 0) is 24.0 Å².